The van der Waals surface area contributed by atoms with E-state index in [1.54, 1.807) is 32.4 Å². The first kappa shape index (κ1) is 16.0. The number of carboxylic acids is 1. The maximum atomic E-state index is 10.5. The SMILES string of the molecule is COCCC(C)Oc1cc(/C=C/C(=O)O)ccc1OC. The predicted octanol–water partition coefficient (Wildman–Crippen LogP) is 2.60. The van der Waals surface area contributed by atoms with Crippen molar-refractivity contribution >= 4 is 12.0 Å². The Morgan fingerprint density at radius 1 is 1.35 bits per heavy atom. The van der Waals surface area contributed by atoms with Gasteiger partial charge in [-0.2, -0.15) is 0 Å². The average molecular weight is 280 g/mol. The summed E-state index contributed by atoms with van der Waals surface area (Å²) in [6.45, 7) is 2.56. The van der Waals surface area contributed by atoms with Gasteiger partial charge in [0.1, 0.15) is 0 Å². The predicted molar refractivity (Wildman–Crippen MR) is 76.2 cm³/mol. The van der Waals surface area contributed by atoms with E-state index < -0.39 is 5.97 Å². The van der Waals surface area contributed by atoms with Gasteiger partial charge in [0, 0.05) is 26.2 Å². The van der Waals surface area contributed by atoms with Gasteiger partial charge in [0.05, 0.1) is 13.2 Å². The van der Waals surface area contributed by atoms with E-state index in [4.69, 9.17) is 19.3 Å². The molecule has 110 valence electrons. The van der Waals surface area contributed by atoms with Gasteiger partial charge >= 0.3 is 5.97 Å². The van der Waals surface area contributed by atoms with Gasteiger partial charge in [-0.3, -0.25) is 0 Å². The van der Waals surface area contributed by atoms with Crippen LogP contribution < -0.4 is 9.47 Å². The highest BCUT2D eigenvalue weighted by Gasteiger charge is 2.09. The van der Waals surface area contributed by atoms with Gasteiger partial charge in [-0.05, 0) is 30.7 Å². The molecule has 1 unspecified atom stereocenters. The fourth-order valence-corrected chi connectivity index (χ4v) is 1.62. The number of aliphatic carboxylic acids is 1. The summed E-state index contributed by atoms with van der Waals surface area (Å²) in [5.74, 6) is 0.210. The molecule has 0 amide bonds. The fraction of sp³-hybridized carbons (Fsp3) is 0.400. The molecule has 0 aliphatic rings. The summed E-state index contributed by atoms with van der Waals surface area (Å²) in [4.78, 5) is 10.5. The summed E-state index contributed by atoms with van der Waals surface area (Å²) in [5.41, 5.74) is 0.738. The van der Waals surface area contributed by atoms with Gasteiger partial charge < -0.3 is 19.3 Å². The van der Waals surface area contributed by atoms with Crippen LogP contribution in [-0.2, 0) is 9.53 Å². The van der Waals surface area contributed by atoms with E-state index in [1.807, 2.05) is 6.92 Å². The van der Waals surface area contributed by atoms with E-state index in [9.17, 15) is 4.79 Å². The number of rotatable bonds is 8. The van der Waals surface area contributed by atoms with Crippen LogP contribution in [0, 0.1) is 0 Å². The lowest BCUT2D eigenvalue weighted by Crippen LogP contribution is -2.14. The maximum Gasteiger partial charge on any atom is 0.328 e. The molecule has 0 aliphatic carbocycles. The molecule has 1 rings (SSSR count). The number of methoxy groups -OCH3 is 2. The minimum Gasteiger partial charge on any atom is -0.493 e. The van der Waals surface area contributed by atoms with Crippen molar-refractivity contribution in [3.05, 3.63) is 29.8 Å². The lowest BCUT2D eigenvalue weighted by atomic mass is 10.2. The molecule has 0 aliphatic heterocycles. The third kappa shape index (κ3) is 5.32. The lowest BCUT2D eigenvalue weighted by Gasteiger charge is -2.17. The summed E-state index contributed by atoms with van der Waals surface area (Å²) >= 11 is 0. The minimum absolute atomic E-state index is 0.0254. The summed E-state index contributed by atoms with van der Waals surface area (Å²) in [5, 5.41) is 8.63. The standard InChI is InChI=1S/C15H20O5/c1-11(8-9-18-2)20-14-10-12(5-7-15(16)17)4-6-13(14)19-3/h4-7,10-11H,8-9H2,1-3H3,(H,16,17)/b7-5+. The summed E-state index contributed by atoms with van der Waals surface area (Å²) in [7, 11) is 3.21. The Kier molecular flexibility index (Phi) is 6.59. The van der Waals surface area contributed by atoms with Crippen LogP contribution in [0.4, 0.5) is 0 Å². The van der Waals surface area contributed by atoms with Crippen LogP contribution in [-0.4, -0.2) is 38.0 Å². The van der Waals surface area contributed by atoms with E-state index >= 15 is 0 Å². The molecule has 0 heterocycles. The summed E-state index contributed by atoms with van der Waals surface area (Å²) in [6.07, 6.45) is 3.33. The van der Waals surface area contributed by atoms with Crippen molar-refractivity contribution in [3.8, 4) is 11.5 Å². The zero-order chi connectivity index (χ0) is 15.0. The van der Waals surface area contributed by atoms with Gasteiger partial charge in [0.2, 0.25) is 0 Å². The molecule has 0 aromatic heterocycles. The second kappa shape index (κ2) is 8.22. The molecule has 0 bridgehead atoms. The number of hydrogen-bond donors (Lipinski definition) is 1. The fourth-order valence-electron chi connectivity index (χ4n) is 1.62. The normalized spacial score (nSPS) is 12.3. The number of benzene rings is 1. The molecule has 0 radical (unpaired) electrons. The van der Waals surface area contributed by atoms with Crippen LogP contribution in [0.2, 0.25) is 0 Å². The van der Waals surface area contributed by atoms with Crippen LogP contribution in [0.1, 0.15) is 18.9 Å². The van der Waals surface area contributed by atoms with Crippen LogP contribution in [0.15, 0.2) is 24.3 Å². The van der Waals surface area contributed by atoms with Crippen LogP contribution >= 0.6 is 0 Å². The quantitative estimate of drug-likeness (QED) is 0.741. The summed E-state index contributed by atoms with van der Waals surface area (Å²) < 4.78 is 16.0. The topological polar surface area (TPSA) is 65.0 Å². The van der Waals surface area contributed by atoms with Crippen molar-refractivity contribution in [3.63, 3.8) is 0 Å². The van der Waals surface area contributed by atoms with Crippen molar-refractivity contribution in [2.75, 3.05) is 20.8 Å². The molecule has 0 spiro atoms. The average Bonchev–Trinajstić information content (AvgIpc) is 2.43. The van der Waals surface area contributed by atoms with Crippen molar-refractivity contribution in [2.45, 2.75) is 19.4 Å². The Labute approximate surface area is 118 Å². The number of ether oxygens (including phenoxy) is 3. The molecule has 0 saturated carbocycles. The smallest absolute Gasteiger partial charge is 0.328 e. The molecule has 1 aromatic rings. The minimum atomic E-state index is -0.989. The lowest BCUT2D eigenvalue weighted by molar-refractivity contribution is -0.131. The third-order valence-corrected chi connectivity index (χ3v) is 2.66. The first-order valence-corrected chi connectivity index (χ1v) is 6.31. The van der Waals surface area contributed by atoms with Crippen LogP contribution in [0.25, 0.3) is 6.08 Å². The van der Waals surface area contributed by atoms with E-state index in [2.05, 4.69) is 0 Å². The molecular formula is C15H20O5. The molecule has 0 saturated heterocycles. The molecule has 20 heavy (non-hydrogen) atoms. The Hall–Kier alpha value is -2.01. The van der Waals surface area contributed by atoms with Crippen molar-refractivity contribution < 1.29 is 24.1 Å². The van der Waals surface area contributed by atoms with Crippen molar-refractivity contribution in [1.82, 2.24) is 0 Å². The molecule has 1 atom stereocenters. The number of carboxylic acid groups (broad SMARTS) is 1. The van der Waals surface area contributed by atoms with Crippen molar-refractivity contribution in [1.29, 1.82) is 0 Å². The van der Waals surface area contributed by atoms with Gasteiger partial charge in [0.25, 0.3) is 0 Å². The van der Waals surface area contributed by atoms with Gasteiger partial charge in [-0.15, -0.1) is 0 Å². The molecule has 0 fully saturated rings. The molecule has 1 N–H and O–H groups in total. The van der Waals surface area contributed by atoms with Gasteiger partial charge in [-0.25, -0.2) is 4.79 Å². The molecule has 5 heteroatoms. The largest absolute Gasteiger partial charge is 0.493 e. The summed E-state index contributed by atoms with van der Waals surface area (Å²) in [6, 6.07) is 5.27. The molecule has 5 nitrogen and oxygen atoms in total. The van der Waals surface area contributed by atoms with E-state index in [0.29, 0.717) is 18.1 Å². The molecule has 1 aromatic carbocycles. The Bertz CT molecular complexity index is 467. The monoisotopic (exact) mass is 280 g/mol. The highest BCUT2D eigenvalue weighted by atomic mass is 16.5. The number of hydrogen-bond acceptors (Lipinski definition) is 4. The third-order valence-electron chi connectivity index (χ3n) is 2.66. The Balaban J connectivity index is 2.85. The second-order valence-corrected chi connectivity index (χ2v) is 4.29. The van der Waals surface area contributed by atoms with Crippen LogP contribution in [0.3, 0.4) is 0 Å². The Morgan fingerprint density at radius 2 is 2.10 bits per heavy atom. The second-order valence-electron chi connectivity index (χ2n) is 4.29. The zero-order valence-corrected chi connectivity index (χ0v) is 12.0. The van der Waals surface area contributed by atoms with Gasteiger partial charge in [0.15, 0.2) is 11.5 Å². The van der Waals surface area contributed by atoms with E-state index in [-0.39, 0.29) is 6.10 Å². The van der Waals surface area contributed by atoms with E-state index in [1.165, 1.54) is 6.08 Å². The highest BCUT2D eigenvalue weighted by Crippen LogP contribution is 2.29. The highest BCUT2D eigenvalue weighted by molar-refractivity contribution is 5.85. The first-order chi connectivity index (χ1) is 9.56. The maximum absolute atomic E-state index is 10.5. The zero-order valence-electron chi connectivity index (χ0n) is 12.0. The van der Waals surface area contributed by atoms with Crippen LogP contribution in [0.5, 0.6) is 11.5 Å². The number of carbonyl (C=O) groups is 1. The van der Waals surface area contributed by atoms with Gasteiger partial charge in [-0.1, -0.05) is 6.07 Å². The Morgan fingerprint density at radius 3 is 2.70 bits per heavy atom. The first-order valence-electron chi connectivity index (χ1n) is 6.31. The van der Waals surface area contributed by atoms with E-state index in [0.717, 1.165) is 18.1 Å². The van der Waals surface area contributed by atoms with Crippen molar-refractivity contribution in [2.24, 2.45) is 0 Å². The molecular weight excluding hydrogens is 260 g/mol.